The number of aliphatic hydroxyl groups is 1. The Kier molecular flexibility index (Phi) is 3.30. The van der Waals surface area contributed by atoms with E-state index >= 15 is 0 Å². The number of aliphatic hydroxyl groups excluding tert-OH is 1. The second-order valence-electron chi connectivity index (χ2n) is 5.56. The maximum absolute atomic E-state index is 11.1. The number of hydrogen-bond donors (Lipinski definition) is 1. The second kappa shape index (κ2) is 4.45. The van der Waals surface area contributed by atoms with Crippen LogP contribution in [0.5, 0.6) is 0 Å². The number of carbonyl (C=O) groups is 1. The zero-order valence-corrected chi connectivity index (χ0v) is 10.9. The Bertz CT molecular complexity index is 347. The van der Waals surface area contributed by atoms with Gasteiger partial charge in [-0.05, 0) is 43.6 Å². The molecule has 0 spiro atoms. The zero-order valence-electron chi connectivity index (χ0n) is 10.9. The van der Waals surface area contributed by atoms with E-state index < -0.39 is 0 Å². The summed E-state index contributed by atoms with van der Waals surface area (Å²) in [5.41, 5.74) is 1.16. The number of carbonyl (C=O) groups excluding carboxylic acids is 1. The summed E-state index contributed by atoms with van der Waals surface area (Å²) < 4.78 is 5.43. The lowest BCUT2D eigenvalue weighted by molar-refractivity contribution is -0.153. The van der Waals surface area contributed by atoms with Gasteiger partial charge in [0.15, 0.2) is 0 Å². The summed E-state index contributed by atoms with van der Waals surface area (Å²) in [6.45, 7) is 5.66. The molecule has 0 bridgehead atoms. The predicted octanol–water partition coefficient (Wildman–Crippen LogP) is 2.44. The largest absolute Gasteiger partial charge is 0.462 e. The first-order chi connectivity index (χ1) is 7.99. The summed E-state index contributed by atoms with van der Waals surface area (Å²) in [6.07, 6.45) is 5.49. The first kappa shape index (κ1) is 12.6. The Balaban J connectivity index is 2.26. The molecule has 0 amide bonds. The van der Waals surface area contributed by atoms with Crippen molar-refractivity contribution in [3.63, 3.8) is 0 Å². The lowest BCUT2D eigenvalue weighted by Gasteiger charge is -2.41. The van der Waals surface area contributed by atoms with Crippen molar-refractivity contribution in [2.24, 2.45) is 11.3 Å². The van der Waals surface area contributed by atoms with Crippen molar-refractivity contribution >= 4 is 5.97 Å². The summed E-state index contributed by atoms with van der Waals surface area (Å²) in [4.78, 5) is 11.1. The van der Waals surface area contributed by atoms with Crippen LogP contribution in [0.2, 0.25) is 0 Å². The minimum Gasteiger partial charge on any atom is -0.462 e. The topological polar surface area (TPSA) is 46.5 Å². The Hall–Kier alpha value is -0.830. The minimum absolute atomic E-state index is 0.0154. The van der Waals surface area contributed by atoms with Gasteiger partial charge in [0.05, 0.1) is 6.10 Å². The van der Waals surface area contributed by atoms with Gasteiger partial charge >= 0.3 is 5.97 Å². The van der Waals surface area contributed by atoms with Gasteiger partial charge in [0.2, 0.25) is 0 Å². The number of ether oxygens (including phenoxy) is 1. The lowest BCUT2D eigenvalue weighted by Crippen LogP contribution is -2.39. The van der Waals surface area contributed by atoms with Crippen LogP contribution in [-0.4, -0.2) is 23.3 Å². The average molecular weight is 238 g/mol. The normalized spacial score (nSPS) is 43.5. The highest BCUT2D eigenvalue weighted by Crippen LogP contribution is 2.55. The van der Waals surface area contributed by atoms with Gasteiger partial charge in [-0.15, -0.1) is 0 Å². The fraction of sp³-hybridized carbons (Fsp3) is 0.786. The third-order valence-corrected chi connectivity index (χ3v) is 4.58. The van der Waals surface area contributed by atoms with Crippen molar-refractivity contribution in [1.82, 2.24) is 0 Å². The van der Waals surface area contributed by atoms with Crippen molar-refractivity contribution in [2.45, 2.75) is 58.7 Å². The highest BCUT2D eigenvalue weighted by molar-refractivity contribution is 5.66. The SMILES string of the molecule is C/C=C1\[C@@H](O)C[C@H]2[C@@H](OC(C)=O)CCC[C@]12C. The highest BCUT2D eigenvalue weighted by atomic mass is 16.5. The number of fused-ring (bicyclic) bond motifs is 1. The highest BCUT2D eigenvalue weighted by Gasteiger charge is 2.52. The van der Waals surface area contributed by atoms with Gasteiger partial charge < -0.3 is 9.84 Å². The van der Waals surface area contributed by atoms with Crippen molar-refractivity contribution in [3.8, 4) is 0 Å². The van der Waals surface area contributed by atoms with E-state index in [-0.39, 0.29) is 29.5 Å². The smallest absolute Gasteiger partial charge is 0.302 e. The van der Waals surface area contributed by atoms with Crippen molar-refractivity contribution in [3.05, 3.63) is 11.6 Å². The van der Waals surface area contributed by atoms with Crippen molar-refractivity contribution in [1.29, 1.82) is 0 Å². The fourth-order valence-electron chi connectivity index (χ4n) is 3.86. The fourth-order valence-corrected chi connectivity index (χ4v) is 3.86. The van der Waals surface area contributed by atoms with Crippen molar-refractivity contribution < 1.29 is 14.6 Å². The summed E-state index contributed by atoms with van der Waals surface area (Å²) in [5.74, 6) is 0.0732. The Morgan fingerprint density at radius 1 is 1.59 bits per heavy atom. The molecule has 0 unspecified atom stereocenters. The standard InChI is InChI=1S/C14H22O3/c1-4-10-12(16)8-11-13(17-9(2)15)6-5-7-14(10,11)3/h4,11-13,16H,5-8H2,1-3H3/b10-4+/t11-,12-,13-,14+/m0/s1. The number of rotatable bonds is 1. The van der Waals surface area contributed by atoms with Crippen LogP contribution in [0.25, 0.3) is 0 Å². The number of allylic oxidation sites excluding steroid dienone is 1. The quantitative estimate of drug-likeness (QED) is 0.564. The van der Waals surface area contributed by atoms with Crippen LogP contribution < -0.4 is 0 Å². The molecule has 0 aliphatic heterocycles. The van der Waals surface area contributed by atoms with Gasteiger partial charge in [0.1, 0.15) is 6.10 Å². The van der Waals surface area contributed by atoms with Gasteiger partial charge in [0.25, 0.3) is 0 Å². The molecule has 2 rings (SSSR count). The third kappa shape index (κ3) is 2.01. The Morgan fingerprint density at radius 3 is 2.88 bits per heavy atom. The molecule has 0 aromatic carbocycles. The maximum Gasteiger partial charge on any atom is 0.302 e. The first-order valence-corrected chi connectivity index (χ1v) is 6.51. The number of hydrogen-bond acceptors (Lipinski definition) is 3. The van der Waals surface area contributed by atoms with E-state index in [1.165, 1.54) is 6.92 Å². The Labute approximate surface area is 103 Å². The van der Waals surface area contributed by atoms with E-state index in [0.29, 0.717) is 0 Å². The van der Waals surface area contributed by atoms with Crippen LogP contribution in [0.4, 0.5) is 0 Å². The van der Waals surface area contributed by atoms with E-state index in [1.807, 2.05) is 13.0 Å². The van der Waals surface area contributed by atoms with Gasteiger partial charge in [0, 0.05) is 12.8 Å². The van der Waals surface area contributed by atoms with E-state index in [9.17, 15) is 9.90 Å². The number of esters is 1. The van der Waals surface area contributed by atoms with Crippen LogP contribution >= 0.6 is 0 Å². The first-order valence-electron chi connectivity index (χ1n) is 6.51. The lowest BCUT2D eigenvalue weighted by atomic mass is 9.66. The molecule has 0 saturated heterocycles. The molecule has 2 saturated carbocycles. The predicted molar refractivity (Wildman–Crippen MR) is 65.4 cm³/mol. The maximum atomic E-state index is 11.1. The molecule has 3 nitrogen and oxygen atoms in total. The molecule has 2 fully saturated rings. The molecule has 0 aromatic heterocycles. The van der Waals surface area contributed by atoms with Gasteiger partial charge in [-0.25, -0.2) is 0 Å². The Morgan fingerprint density at radius 2 is 2.29 bits per heavy atom. The molecular formula is C14H22O3. The van der Waals surface area contributed by atoms with Gasteiger partial charge in [-0.1, -0.05) is 13.0 Å². The molecule has 3 heteroatoms. The third-order valence-electron chi connectivity index (χ3n) is 4.58. The summed E-state index contributed by atoms with van der Waals surface area (Å²) in [6, 6.07) is 0. The van der Waals surface area contributed by atoms with E-state index in [4.69, 9.17) is 4.74 Å². The van der Waals surface area contributed by atoms with Crippen LogP contribution in [0.3, 0.4) is 0 Å². The molecule has 2 aliphatic rings. The summed E-state index contributed by atoms with van der Waals surface area (Å²) >= 11 is 0. The van der Waals surface area contributed by atoms with E-state index in [2.05, 4.69) is 6.92 Å². The van der Waals surface area contributed by atoms with Crippen molar-refractivity contribution in [2.75, 3.05) is 0 Å². The molecule has 96 valence electrons. The van der Waals surface area contributed by atoms with Crippen LogP contribution in [0, 0.1) is 11.3 Å². The molecule has 0 radical (unpaired) electrons. The molecule has 4 atom stereocenters. The molecule has 17 heavy (non-hydrogen) atoms. The average Bonchev–Trinajstić information content (AvgIpc) is 2.49. The van der Waals surface area contributed by atoms with Crippen LogP contribution in [0.15, 0.2) is 11.6 Å². The van der Waals surface area contributed by atoms with Gasteiger partial charge in [-0.2, -0.15) is 0 Å². The summed E-state index contributed by atoms with van der Waals surface area (Å²) in [7, 11) is 0. The van der Waals surface area contributed by atoms with E-state index in [0.717, 1.165) is 31.3 Å². The van der Waals surface area contributed by atoms with Gasteiger partial charge in [-0.3, -0.25) is 4.79 Å². The monoisotopic (exact) mass is 238 g/mol. The molecule has 0 aromatic rings. The molecular weight excluding hydrogens is 216 g/mol. The zero-order chi connectivity index (χ0) is 12.6. The molecule has 1 N–H and O–H groups in total. The summed E-state index contributed by atoms with van der Waals surface area (Å²) in [5, 5.41) is 10.1. The van der Waals surface area contributed by atoms with E-state index in [1.54, 1.807) is 0 Å². The molecule has 2 aliphatic carbocycles. The second-order valence-corrected chi connectivity index (χ2v) is 5.56. The van der Waals surface area contributed by atoms with Crippen LogP contribution in [-0.2, 0) is 9.53 Å². The minimum atomic E-state index is -0.355. The van der Waals surface area contributed by atoms with Crippen LogP contribution in [0.1, 0.15) is 46.5 Å². The molecule has 0 heterocycles.